The molecule has 2 aromatic rings. The summed E-state index contributed by atoms with van der Waals surface area (Å²) in [6.07, 6.45) is 0. The molecule has 0 unspecified atom stereocenters. The molecule has 0 spiro atoms. The lowest BCUT2D eigenvalue weighted by molar-refractivity contribution is 0.0747. The fourth-order valence-electron chi connectivity index (χ4n) is 2.88. The van der Waals surface area contributed by atoms with Crippen LogP contribution < -0.4 is 16.4 Å². The third kappa shape index (κ3) is 3.23. The number of rotatable bonds is 2. The van der Waals surface area contributed by atoms with Gasteiger partial charge in [-0.05, 0) is 42.8 Å². The average Bonchev–Trinajstić information content (AvgIpc) is 2.57. The van der Waals surface area contributed by atoms with Gasteiger partial charge in [0.1, 0.15) is 0 Å². The van der Waals surface area contributed by atoms with Crippen molar-refractivity contribution in [2.24, 2.45) is 0 Å². The van der Waals surface area contributed by atoms with Gasteiger partial charge >= 0.3 is 0 Å². The summed E-state index contributed by atoms with van der Waals surface area (Å²) in [7, 11) is 0. The molecule has 5 nitrogen and oxygen atoms in total. The third-order valence-electron chi connectivity index (χ3n) is 4.27. The Hall–Kier alpha value is -2.69. The molecule has 0 aliphatic carbocycles. The second-order valence-electron chi connectivity index (χ2n) is 5.96. The normalized spacial score (nSPS) is 14.8. The lowest BCUT2D eigenvalue weighted by Gasteiger charge is -2.36. The van der Waals surface area contributed by atoms with Crippen molar-refractivity contribution in [2.75, 3.05) is 42.5 Å². The Kier molecular flexibility index (Phi) is 4.10. The van der Waals surface area contributed by atoms with Gasteiger partial charge in [0.15, 0.2) is 0 Å². The van der Waals surface area contributed by atoms with Gasteiger partial charge in [0.25, 0.3) is 5.91 Å². The van der Waals surface area contributed by atoms with Crippen LogP contribution in [0.2, 0.25) is 0 Å². The molecular formula is C18H22N4O. The zero-order chi connectivity index (χ0) is 16.4. The van der Waals surface area contributed by atoms with Crippen LogP contribution in [0.4, 0.5) is 17.1 Å². The number of hydrogen-bond donors (Lipinski definition) is 2. The van der Waals surface area contributed by atoms with Crippen molar-refractivity contribution in [1.82, 2.24) is 4.90 Å². The van der Waals surface area contributed by atoms with E-state index in [-0.39, 0.29) is 5.91 Å². The largest absolute Gasteiger partial charge is 0.397 e. The van der Waals surface area contributed by atoms with Crippen molar-refractivity contribution >= 4 is 23.0 Å². The van der Waals surface area contributed by atoms with Crippen LogP contribution in [0.15, 0.2) is 42.5 Å². The van der Waals surface area contributed by atoms with Crippen molar-refractivity contribution in [3.8, 4) is 0 Å². The Morgan fingerprint density at radius 2 is 1.70 bits per heavy atom. The Bertz CT molecular complexity index is 721. The van der Waals surface area contributed by atoms with Gasteiger partial charge in [-0.25, -0.2) is 0 Å². The molecule has 0 saturated carbocycles. The minimum absolute atomic E-state index is 0.0144. The van der Waals surface area contributed by atoms with Gasteiger partial charge < -0.3 is 21.3 Å². The van der Waals surface area contributed by atoms with Crippen LogP contribution in [0.25, 0.3) is 0 Å². The molecule has 2 aromatic carbocycles. The number of aryl methyl sites for hydroxylation is 1. The minimum atomic E-state index is 0.0144. The van der Waals surface area contributed by atoms with E-state index in [9.17, 15) is 4.79 Å². The average molecular weight is 310 g/mol. The summed E-state index contributed by atoms with van der Waals surface area (Å²) < 4.78 is 0. The molecular weight excluding hydrogens is 288 g/mol. The van der Waals surface area contributed by atoms with Gasteiger partial charge in [-0.2, -0.15) is 0 Å². The summed E-state index contributed by atoms with van der Waals surface area (Å²) in [5.41, 5.74) is 15.5. The maximum atomic E-state index is 12.6. The van der Waals surface area contributed by atoms with E-state index >= 15 is 0 Å². The molecule has 3 rings (SSSR count). The zero-order valence-electron chi connectivity index (χ0n) is 13.3. The summed E-state index contributed by atoms with van der Waals surface area (Å²) in [6.45, 7) is 5.17. The van der Waals surface area contributed by atoms with Crippen LogP contribution in [0.5, 0.6) is 0 Å². The van der Waals surface area contributed by atoms with Gasteiger partial charge in [0.2, 0.25) is 0 Å². The molecule has 1 aliphatic rings. The first kappa shape index (κ1) is 15.2. The number of nitrogen functional groups attached to an aromatic ring is 2. The predicted octanol–water partition coefficient (Wildman–Crippen LogP) is 2.12. The van der Waals surface area contributed by atoms with E-state index in [0.717, 1.165) is 13.1 Å². The Labute approximate surface area is 136 Å². The predicted molar refractivity (Wildman–Crippen MR) is 94.6 cm³/mol. The SMILES string of the molecule is Cc1cccc(N2CCN(C(=O)c3ccc(N)c(N)c3)CC2)c1. The van der Waals surface area contributed by atoms with E-state index in [0.29, 0.717) is 30.0 Å². The maximum Gasteiger partial charge on any atom is 0.254 e. The first-order valence-corrected chi connectivity index (χ1v) is 7.80. The highest BCUT2D eigenvalue weighted by Crippen LogP contribution is 2.20. The van der Waals surface area contributed by atoms with Crippen LogP contribution in [0.1, 0.15) is 15.9 Å². The monoisotopic (exact) mass is 310 g/mol. The van der Waals surface area contributed by atoms with E-state index < -0.39 is 0 Å². The fourth-order valence-corrected chi connectivity index (χ4v) is 2.88. The number of anilines is 3. The van der Waals surface area contributed by atoms with Crippen molar-refractivity contribution < 1.29 is 4.79 Å². The van der Waals surface area contributed by atoms with Gasteiger partial charge in [-0.15, -0.1) is 0 Å². The van der Waals surface area contributed by atoms with E-state index in [1.54, 1.807) is 18.2 Å². The van der Waals surface area contributed by atoms with Crippen molar-refractivity contribution in [2.45, 2.75) is 6.92 Å². The Morgan fingerprint density at radius 3 is 2.35 bits per heavy atom. The molecule has 23 heavy (non-hydrogen) atoms. The molecule has 1 fully saturated rings. The van der Waals surface area contributed by atoms with Crippen molar-refractivity contribution in [3.05, 3.63) is 53.6 Å². The molecule has 4 N–H and O–H groups in total. The van der Waals surface area contributed by atoms with Crippen LogP contribution in [0, 0.1) is 6.92 Å². The molecule has 120 valence electrons. The highest BCUT2D eigenvalue weighted by Gasteiger charge is 2.22. The standard InChI is InChI=1S/C18H22N4O/c1-13-3-2-4-15(11-13)21-7-9-22(10-8-21)18(23)14-5-6-16(19)17(20)12-14/h2-6,11-12H,7-10,19-20H2,1H3. The van der Waals surface area contributed by atoms with Gasteiger partial charge in [-0.3, -0.25) is 4.79 Å². The number of carbonyl (C=O) groups is 1. The quantitative estimate of drug-likeness (QED) is 0.833. The summed E-state index contributed by atoms with van der Waals surface area (Å²) >= 11 is 0. The highest BCUT2D eigenvalue weighted by atomic mass is 16.2. The van der Waals surface area contributed by atoms with E-state index in [1.807, 2.05) is 4.90 Å². The van der Waals surface area contributed by atoms with E-state index in [1.165, 1.54) is 11.3 Å². The highest BCUT2D eigenvalue weighted by molar-refractivity contribution is 5.96. The summed E-state index contributed by atoms with van der Waals surface area (Å²) in [5, 5.41) is 0. The molecule has 1 aliphatic heterocycles. The van der Waals surface area contributed by atoms with Crippen LogP contribution in [-0.4, -0.2) is 37.0 Å². The second kappa shape index (κ2) is 6.20. The van der Waals surface area contributed by atoms with Crippen molar-refractivity contribution in [1.29, 1.82) is 0 Å². The number of hydrogen-bond acceptors (Lipinski definition) is 4. The lowest BCUT2D eigenvalue weighted by atomic mass is 10.1. The Balaban J connectivity index is 1.66. The molecule has 5 heteroatoms. The van der Waals surface area contributed by atoms with E-state index in [4.69, 9.17) is 11.5 Å². The molecule has 1 saturated heterocycles. The van der Waals surface area contributed by atoms with Gasteiger partial charge in [0.05, 0.1) is 11.4 Å². The van der Waals surface area contributed by atoms with E-state index in [2.05, 4.69) is 36.1 Å². The fraction of sp³-hybridized carbons (Fsp3) is 0.278. The number of benzene rings is 2. The molecule has 0 bridgehead atoms. The Morgan fingerprint density at radius 1 is 0.957 bits per heavy atom. The van der Waals surface area contributed by atoms with Crippen LogP contribution >= 0.6 is 0 Å². The summed E-state index contributed by atoms with van der Waals surface area (Å²) in [5.74, 6) is 0.0144. The molecule has 0 radical (unpaired) electrons. The molecule has 0 aromatic heterocycles. The summed E-state index contributed by atoms with van der Waals surface area (Å²) in [6, 6.07) is 13.5. The van der Waals surface area contributed by atoms with Crippen LogP contribution in [0.3, 0.4) is 0 Å². The molecule has 1 amide bonds. The first-order chi connectivity index (χ1) is 11.0. The topological polar surface area (TPSA) is 75.6 Å². The van der Waals surface area contributed by atoms with Crippen molar-refractivity contribution in [3.63, 3.8) is 0 Å². The lowest BCUT2D eigenvalue weighted by Crippen LogP contribution is -2.48. The number of nitrogens with two attached hydrogens (primary N) is 2. The van der Waals surface area contributed by atoms with Crippen LogP contribution in [-0.2, 0) is 0 Å². The number of carbonyl (C=O) groups excluding carboxylic acids is 1. The third-order valence-corrected chi connectivity index (χ3v) is 4.27. The van der Waals surface area contributed by atoms with Gasteiger partial charge in [-0.1, -0.05) is 12.1 Å². The summed E-state index contributed by atoms with van der Waals surface area (Å²) in [4.78, 5) is 16.8. The number of amides is 1. The molecule has 0 atom stereocenters. The number of piperazine rings is 1. The second-order valence-corrected chi connectivity index (χ2v) is 5.96. The van der Waals surface area contributed by atoms with Gasteiger partial charge in [0, 0.05) is 37.4 Å². The molecule has 1 heterocycles. The first-order valence-electron chi connectivity index (χ1n) is 7.80. The smallest absolute Gasteiger partial charge is 0.254 e. The maximum absolute atomic E-state index is 12.6. The zero-order valence-corrected chi connectivity index (χ0v) is 13.3. The minimum Gasteiger partial charge on any atom is -0.397 e. The number of nitrogens with zero attached hydrogens (tertiary/aromatic N) is 2.